The van der Waals surface area contributed by atoms with Crippen molar-refractivity contribution >= 4 is 23.6 Å². The van der Waals surface area contributed by atoms with E-state index < -0.39 is 0 Å². The summed E-state index contributed by atoms with van der Waals surface area (Å²) in [7, 11) is 3.35. The Labute approximate surface area is 158 Å². The fourth-order valence-corrected chi connectivity index (χ4v) is 2.63. The standard InChI is InChI=1S/C21H24N2O4/c1-14-12-18(14)19-10-8-17(27-19)9-11-20(24)22-15-4-6-16(7-5-15)26-13-21(25)23(2)3/h4-11,14,18H,12-13H2,1-3H3,(H,22,24)/b11-9+. The van der Waals surface area contributed by atoms with Crippen molar-refractivity contribution in [2.45, 2.75) is 19.3 Å². The predicted octanol–water partition coefficient (Wildman–Crippen LogP) is 3.52. The third-order valence-corrected chi connectivity index (χ3v) is 4.50. The highest BCUT2D eigenvalue weighted by Crippen LogP contribution is 2.47. The maximum Gasteiger partial charge on any atom is 0.259 e. The van der Waals surface area contributed by atoms with Gasteiger partial charge in [-0.25, -0.2) is 0 Å². The Bertz CT molecular complexity index is 836. The zero-order valence-electron chi connectivity index (χ0n) is 15.8. The fraction of sp³-hybridized carbons (Fsp3) is 0.333. The second kappa shape index (κ2) is 8.12. The monoisotopic (exact) mass is 368 g/mol. The highest BCUT2D eigenvalue weighted by molar-refractivity contribution is 6.01. The Morgan fingerprint density at radius 3 is 2.56 bits per heavy atom. The van der Waals surface area contributed by atoms with E-state index in [4.69, 9.17) is 9.15 Å². The molecular formula is C21H24N2O4. The lowest BCUT2D eigenvalue weighted by molar-refractivity contribution is -0.130. The molecule has 0 spiro atoms. The van der Waals surface area contributed by atoms with Crippen molar-refractivity contribution in [3.05, 3.63) is 54.0 Å². The molecule has 6 nitrogen and oxygen atoms in total. The Kier molecular flexibility index (Phi) is 5.64. The van der Waals surface area contributed by atoms with Crippen LogP contribution in [0.3, 0.4) is 0 Å². The molecule has 1 aliphatic rings. The lowest BCUT2D eigenvalue weighted by atomic mass is 10.3. The highest BCUT2D eigenvalue weighted by Gasteiger charge is 2.36. The minimum atomic E-state index is -0.246. The van der Waals surface area contributed by atoms with Crippen LogP contribution in [-0.2, 0) is 9.59 Å². The Morgan fingerprint density at radius 2 is 1.93 bits per heavy atom. The molecular weight excluding hydrogens is 344 g/mol. The van der Waals surface area contributed by atoms with Crippen molar-refractivity contribution in [1.29, 1.82) is 0 Å². The zero-order valence-corrected chi connectivity index (χ0v) is 15.8. The summed E-state index contributed by atoms with van der Waals surface area (Å²) in [5.41, 5.74) is 0.642. The first kappa shape index (κ1) is 18.8. The van der Waals surface area contributed by atoms with E-state index >= 15 is 0 Å². The molecule has 1 aromatic heterocycles. The predicted molar refractivity (Wildman–Crippen MR) is 104 cm³/mol. The van der Waals surface area contributed by atoms with Crippen molar-refractivity contribution in [2.24, 2.45) is 5.92 Å². The minimum absolute atomic E-state index is 0.0216. The van der Waals surface area contributed by atoms with Crippen LogP contribution in [0.15, 0.2) is 46.9 Å². The summed E-state index contributed by atoms with van der Waals surface area (Å²) >= 11 is 0. The average Bonchev–Trinajstić information content (AvgIpc) is 3.18. The summed E-state index contributed by atoms with van der Waals surface area (Å²) < 4.78 is 11.1. The number of nitrogens with zero attached hydrogens (tertiary/aromatic N) is 1. The van der Waals surface area contributed by atoms with Gasteiger partial charge in [0.2, 0.25) is 5.91 Å². The van der Waals surface area contributed by atoms with E-state index in [0.29, 0.717) is 29.0 Å². The van der Waals surface area contributed by atoms with Gasteiger partial charge in [-0.2, -0.15) is 0 Å². The first-order chi connectivity index (χ1) is 12.9. The number of amides is 2. The van der Waals surface area contributed by atoms with E-state index in [1.165, 1.54) is 17.4 Å². The summed E-state index contributed by atoms with van der Waals surface area (Å²) in [6, 6.07) is 10.7. The van der Waals surface area contributed by atoms with Gasteiger partial charge in [0.25, 0.3) is 5.91 Å². The second-order valence-corrected chi connectivity index (χ2v) is 6.98. The normalized spacial score (nSPS) is 18.3. The number of anilines is 1. The molecule has 1 fully saturated rings. The van der Waals surface area contributed by atoms with Crippen LogP contribution >= 0.6 is 0 Å². The lowest BCUT2D eigenvalue weighted by Gasteiger charge is -2.11. The molecule has 2 unspecified atom stereocenters. The maximum absolute atomic E-state index is 12.0. The summed E-state index contributed by atoms with van der Waals surface area (Å²) in [4.78, 5) is 25.0. The maximum atomic E-state index is 12.0. The number of rotatable bonds is 7. The van der Waals surface area contributed by atoms with Crippen LogP contribution in [-0.4, -0.2) is 37.4 Å². The SMILES string of the molecule is CC1CC1c1ccc(/C=C/C(=O)Nc2ccc(OCC(=O)N(C)C)cc2)o1. The molecule has 1 aromatic carbocycles. The molecule has 1 saturated carbocycles. The van der Waals surface area contributed by atoms with Crippen LogP contribution in [0, 0.1) is 5.92 Å². The van der Waals surface area contributed by atoms with Crippen LogP contribution in [0.5, 0.6) is 5.75 Å². The topological polar surface area (TPSA) is 71.8 Å². The van der Waals surface area contributed by atoms with E-state index in [-0.39, 0.29) is 18.4 Å². The first-order valence-corrected chi connectivity index (χ1v) is 8.94. The molecule has 142 valence electrons. The largest absolute Gasteiger partial charge is 0.484 e. The van der Waals surface area contributed by atoms with Gasteiger partial charge < -0.3 is 19.4 Å². The number of nitrogens with one attached hydrogen (secondary N) is 1. The molecule has 0 bridgehead atoms. The van der Waals surface area contributed by atoms with Crippen molar-refractivity contribution in [1.82, 2.24) is 4.90 Å². The molecule has 3 rings (SSSR count). The quantitative estimate of drug-likeness (QED) is 0.759. The molecule has 1 aliphatic carbocycles. The van der Waals surface area contributed by atoms with E-state index in [2.05, 4.69) is 12.2 Å². The smallest absolute Gasteiger partial charge is 0.259 e. The number of ether oxygens (including phenoxy) is 1. The Morgan fingerprint density at radius 1 is 1.22 bits per heavy atom. The number of carbonyl (C=O) groups is 2. The summed E-state index contributed by atoms with van der Waals surface area (Å²) in [6.07, 6.45) is 4.27. The van der Waals surface area contributed by atoms with Gasteiger partial charge in [0.05, 0.1) is 0 Å². The second-order valence-electron chi connectivity index (χ2n) is 6.98. The molecule has 0 saturated heterocycles. The number of hydrogen-bond acceptors (Lipinski definition) is 4. The van der Waals surface area contributed by atoms with E-state index in [1.807, 2.05) is 12.1 Å². The molecule has 27 heavy (non-hydrogen) atoms. The van der Waals surface area contributed by atoms with Crippen molar-refractivity contribution < 1.29 is 18.7 Å². The number of hydrogen-bond donors (Lipinski definition) is 1. The minimum Gasteiger partial charge on any atom is -0.484 e. The van der Waals surface area contributed by atoms with E-state index in [9.17, 15) is 9.59 Å². The molecule has 2 atom stereocenters. The molecule has 2 aromatic rings. The van der Waals surface area contributed by atoms with Gasteiger partial charge in [-0.05, 0) is 54.8 Å². The van der Waals surface area contributed by atoms with Crippen LogP contribution < -0.4 is 10.1 Å². The zero-order chi connectivity index (χ0) is 19.4. The van der Waals surface area contributed by atoms with Gasteiger partial charge in [0.15, 0.2) is 6.61 Å². The molecule has 0 aliphatic heterocycles. The number of benzene rings is 1. The summed E-state index contributed by atoms with van der Waals surface area (Å²) in [5, 5.41) is 2.77. The number of likely N-dealkylation sites (N-methyl/N-ethyl adjacent to an activating group) is 1. The highest BCUT2D eigenvalue weighted by atomic mass is 16.5. The van der Waals surface area contributed by atoms with Crippen molar-refractivity contribution in [3.8, 4) is 5.75 Å². The van der Waals surface area contributed by atoms with Crippen LogP contribution in [0.25, 0.3) is 6.08 Å². The lowest BCUT2D eigenvalue weighted by Crippen LogP contribution is -2.27. The molecule has 1 N–H and O–H groups in total. The molecule has 0 radical (unpaired) electrons. The average molecular weight is 368 g/mol. The third kappa shape index (κ3) is 5.23. The molecule has 6 heteroatoms. The molecule has 2 amide bonds. The van der Waals surface area contributed by atoms with Gasteiger partial charge >= 0.3 is 0 Å². The Balaban J connectivity index is 1.48. The van der Waals surface area contributed by atoms with Crippen LogP contribution in [0.1, 0.15) is 30.8 Å². The summed E-state index contributed by atoms with van der Waals surface area (Å²) in [5.74, 6) is 3.08. The summed E-state index contributed by atoms with van der Waals surface area (Å²) in [6.45, 7) is 2.18. The van der Waals surface area contributed by atoms with Crippen molar-refractivity contribution in [2.75, 3.05) is 26.0 Å². The fourth-order valence-electron chi connectivity index (χ4n) is 2.63. The molecule has 1 heterocycles. The van der Waals surface area contributed by atoms with Crippen LogP contribution in [0.2, 0.25) is 0 Å². The van der Waals surface area contributed by atoms with E-state index in [0.717, 1.165) is 5.76 Å². The Hall–Kier alpha value is -3.02. The van der Waals surface area contributed by atoms with Gasteiger partial charge in [0, 0.05) is 31.8 Å². The van der Waals surface area contributed by atoms with Gasteiger partial charge in [0.1, 0.15) is 17.3 Å². The van der Waals surface area contributed by atoms with Crippen molar-refractivity contribution in [3.63, 3.8) is 0 Å². The first-order valence-electron chi connectivity index (χ1n) is 8.94. The third-order valence-electron chi connectivity index (χ3n) is 4.50. The van der Waals surface area contributed by atoms with Gasteiger partial charge in [-0.15, -0.1) is 0 Å². The van der Waals surface area contributed by atoms with Gasteiger partial charge in [-0.1, -0.05) is 6.92 Å². The van der Waals surface area contributed by atoms with Crippen LogP contribution in [0.4, 0.5) is 5.69 Å². The van der Waals surface area contributed by atoms with Gasteiger partial charge in [-0.3, -0.25) is 9.59 Å². The number of carbonyl (C=O) groups excluding carboxylic acids is 2. The van der Waals surface area contributed by atoms with E-state index in [1.54, 1.807) is 44.4 Å². The number of furan rings is 1.